The summed E-state index contributed by atoms with van der Waals surface area (Å²) >= 11 is 1.56. The second-order valence-electron chi connectivity index (χ2n) is 6.50. The SMILES string of the molecule is CCS(=O)(=O)Nc1cccc(C2=NN(C(=O)c3ccco3)C(c3cccs3)C2)c1. The first kappa shape index (κ1) is 19.4. The zero-order chi connectivity index (χ0) is 20.4. The van der Waals surface area contributed by atoms with Crippen LogP contribution in [-0.4, -0.2) is 30.8 Å². The summed E-state index contributed by atoms with van der Waals surface area (Å²) in [4.78, 5) is 13.9. The van der Waals surface area contributed by atoms with E-state index in [4.69, 9.17) is 4.42 Å². The lowest BCUT2D eigenvalue weighted by Gasteiger charge is -2.19. The van der Waals surface area contributed by atoms with Gasteiger partial charge in [0.25, 0.3) is 0 Å². The van der Waals surface area contributed by atoms with E-state index in [1.165, 1.54) is 11.3 Å². The van der Waals surface area contributed by atoms with Crippen molar-refractivity contribution < 1.29 is 17.6 Å². The summed E-state index contributed by atoms with van der Waals surface area (Å²) < 4.78 is 31.6. The van der Waals surface area contributed by atoms with Crippen LogP contribution in [0.15, 0.2) is 69.7 Å². The maximum atomic E-state index is 12.9. The van der Waals surface area contributed by atoms with Crippen LogP contribution < -0.4 is 4.72 Å². The number of anilines is 1. The third-order valence-electron chi connectivity index (χ3n) is 4.57. The molecular formula is C20H19N3O4S2. The van der Waals surface area contributed by atoms with Gasteiger partial charge in [-0.1, -0.05) is 18.2 Å². The van der Waals surface area contributed by atoms with Crippen molar-refractivity contribution in [3.63, 3.8) is 0 Å². The van der Waals surface area contributed by atoms with E-state index in [1.807, 2.05) is 23.6 Å². The number of carbonyl (C=O) groups excluding carboxylic acids is 1. The van der Waals surface area contributed by atoms with Crippen LogP contribution in [-0.2, 0) is 10.0 Å². The lowest BCUT2D eigenvalue weighted by atomic mass is 10.0. The minimum atomic E-state index is -3.38. The molecule has 3 heterocycles. The van der Waals surface area contributed by atoms with Crippen molar-refractivity contribution in [2.75, 3.05) is 10.5 Å². The number of benzene rings is 1. The monoisotopic (exact) mass is 429 g/mol. The minimum absolute atomic E-state index is 0.00987. The summed E-state index contributed by atoms with van der Waals surface area (Å²) in [6.45, 7) is 1.58. The number of rotatable bonds is 6. The van der Waals surface area contributed by atoms with Crippen molar-refractivity contribution in [3.8, 4) is 0 Å². The molecule has 150 valence electrons. The molecule has 1 N–H and O–H groups in total. The molecule has 0 saturated carbocycles. The van der Waals surface area contributed by atoms with Crippen molar-refractivity contribution in [2.45, 2.75) is 19.4 Å². The Kier molecular flexibility index (Phi) is 5.25. The van der Waals surface area contributed by atoms with E-state index in [2.05, 4.69) is 9.82 Å². The van der Waals surface area contributed by atoms with E-state index in [9.17, 15) is 13.2 Å². The number of carbonyl (C=O) groups is 1. The Bertz CT molecular complexity index is 1140. The predicted octanol–water partition coefficient (Wildman–Crippen LogP) is 4.09. The lowest BCUT2D eigenvalue weighted by molar-refractivity contribution is 0.0681. The standard InChI is InChI=1S/C20H19N3O4S2/c1-2-29(25,26)22-15-7-3-6-14(12-15)16-13-17(19-9-5-11-28-19)23(21-16)20(24)18-8-4-10-27-18/h3-12,17,22H,2,13H2,1H3. The van der Waals surface area contributed by atoms with Gasteiger partial charge in [0.05, 0.1) is 23.8 Å². The maximum absolute atomic E-state index is 12.9. The highest BCUT2D eigenvalue weighted by Crippen LogP contribution is 2.36. The summed E-state index contributed by atoms with van der Waals surface area (Å²) in [6, 6.07) is 14.0. The highest BCUT2D eigenvalue weighted by molar-refractivity contribution is 7.92. The Balaban J connectivity index is 1.67. The second-order valence-corrected chi connectivity index (χ2v) is 9.49. The van der Waals surface area contributed by atoms with Crippen molar-refractivity contribution in [2.24, 2.45) is 5.10 Å². The number of hydrazone groups is 1. The van der Waals surface area contributed by atoms with E-state index in [0.717, 1.165) is 10.4 Å². The molecule has 1 aliphatic heterocycles. The fourth-order valence-corrected chi connectivity index (χ4v) is 4.54. The molecule has 0 spiro atoms. The molecule has 0 fully saturated rings. The van der Waals surface area contributed by atoms with Crippen LogP contribution in [0, 0.1) is 0 Å². The van der Waals surface area contributed by atoms with Crippen molar-refractivity contribution in [3.05, 3.63) is 76.4 Å². The van der Waals surface area contributed by atoms with Crippen LogP contribution in [0.25, 0.3) is 0 Å². The highest BCUT2D eigenvalue weighted by Gasteiger charge is 2.35. The lowest BCUT2D eigenvalue weighted by Crippen LogP contribution is -2.26. The molecule has 4 rings (SSSR count). The first-order chi connectivity index (χ1) is 14.0. The largest absolute Gasteiger partial charge is 0.459 e. The molecule has 0 saturated heterocycles. The van der Waals surface area contributed by atoms with Gasteiger partial charge in [0, 0.05) is 17.0 Å². The fourth-order valence-electron chi connectivity index (χ4n) is 3.10. The molecule has 3 aromatic rings. The van der Waals surface area contributed by atoms with Gasteiger partial charge < -0.3 is 4.42 Å². The first-order valence-corrected chi connectivity index (χ1v) is 11.6. The number of nitrogens with zero attached hydrogens (tertiary/aromatic N) is 2. The molecule has 9 heteroatoms. The van der Waals surface area contributed by atoms with Gasteiger partial charge in [-0.15, -0.1) is 11.3 Å². The zero-order valence-corrected chi connectivity index (χ0v) is 17.2. The molecule has 0 radical (unpaired) electrons. The van der Waals surface area contributed by atoms with Gasteiger partial charge in [0.2, 0.25) is 10.0 Å². The topological polar surface area (TPSA) is 92.0 Å². The molecule has 0 bridgehead atoms. The first-order valence-electron chi connectivity index (χ1n) is 9.05. The van der Waals surface area contributed by atoms with Gasteiger partial charge in [-0.25, -0.2) is 13.4 Å². The van der Waals surface area contributed by atoms with Gasteiger partial charge >= 0.3 is 5.91 Å². The fraction of sp³-hybridized carbons (Fsp3) is 0.200. The van der Waals surface area contributed by atoms with Crippen LogP contribution in [0.3, 0.4) is 0 Å². The van der Waals surface area contributed by atoms with E-state index in [1.54, 1.807) is 48.6 Å². The van der Waals surface area contributed by atoms with E-state index < -0.39 is 10.0 Å². The summed E-state index contributed by atoms with van der Waals surface area (Å²) in [6.07, 6.45) is 1.98. The number of hydrogen-bond acceptors (Lipinski definition) is 6. The third kappa shape index (κ3) is 4.10. The Hall–Kier alpha value is -2.91. The summed E-state index contributed by atoms with van der Waals surface area (Å²) in [5.74, 6) is -0.100. The van der Waals surface area contributed by atoms with Crippen LogP contribution in [0.1, 0.15) is 40.4 Å². The van der Waals surface area contributed by atoms with E-state index >= 15 is 0 Å². The molecule has 7 nitrogen and oxygen atoms in total. The van der Waals surface area contributed by atoms with Crippen LogP contribution >= 0.6 is 11.3 Å². The van der Waals surface area contributed by atoms with Gasteiger partial charge in [-0.2, -0.15) is 5.10 Å². The Morgan fingerprint density at radius 3 is 2.83 bits per heavy atom. The number of hydrogen-bond donors (Lipinski definition) is 1. The summed E-state index contributed by atoms with van der Waals surface area (Å²) in [5, 5.41) is 7.99. The number of amides is 1. The maximum Gasteiger partial charge on any atom is 0.310 e. The molecule has 1 aromatic carbocycles. The zero-order valence-electron chi connectivity index (χ0n) is 15.6. The summed E-state index contributed by atoms with van der Waals surface area (Å²) in [5.41, 5.74) is 1.94. The third-order valence-corrected chi connectivity index (χ3v) is 6.85. The Morgan fingerprint density at radius 2 is 2.14 bits per heavy atom. The minimum Gasteiger partial charge on any atom is -0.459 e. The van der Waals surface area contributed by atoms with Crippen molar-refractivity contribution in [1.82, 2.24) is 5.01 Å². The quantitative estimate of drug-likeness (QED) is 0.639. The average Bonchev–Trinajstić information content (AvgIpc) is 3.48. The van der Waals surface area contributed by atoms with Crippen molar-refractivity contribution in [1.29, 1.82) is 0 Å². The van der Waals surface area contributed by atoms with Gasteiger partial charge in [-0.3, -0.25) is 9.52 Å². The number of sulfonamides is 1. The molecule has 0 aliphatic carbocycles. The summed E-state index contributed by atoms with van der Waals surface area (Å²) in [7, 11) is -3.38. The Morgan fingerprint density at radius 1 is 1.28 bits per heavy atom. The molecule has 29 heavy (non-hydrogen) atoms. The number of furan rings is 1. The van der Waals surface area contributed by atoms with Crippen molar-refractivity contribution >= 4 is 38.7 Å². The average molecular weight is 430 g/mol. The molecule has 1 atom stereocenters. The molecule has 1 amide bonds. The van der Waals surface area contributed by atoms with Gasteiger partial charge in [-0.05, 0) is 48.2 Å². The number of nitrogens with one attached hydrogen (secondary N) is 1. The molecule has 2 aromatic heterocycles. The molecule has 1 unspecified atom stereocenters. The predicted molar refractivity (Wildman–Crippen MR) is 113 cm³/mol. The van der Waals surface area contributed by atoms with Gasteiger partial charge in [0.15, 0.2) is 5.76 Å². The normalized spacial score (nSPS) is 16.7. The van der Waals surface area contributed by atoms with E-state index in [-0.39, 0.29) is 23.5 Å². The smallest absolute Gasteiger partial charge is 0.310 e. The molecule has 1 aliphatic rings. The number of thiophene rings is 1. The Labute approximate surface area is 172 Å². The van der Waals surface area contributed by atoms with Crippen LogP contribution in [0.4, 0.5) is 5.69 Å². The van der Waals surface area contributed by atoms with Crippen LogP contribution in [0.5, 0.6) is 0 Å². The van der Waals surface area contributed by atoms with Gasteiger partial charge in [0.1, 0.15) is 0 Å². The highest BCUT2D eigenvalue weighted by atomic mass is 32.2. The molecular weight excluding hydrogens is 410 g/mol. The second kappa shape index (κ2) is 7.84. The van der Waals surface area contributed by atoms with Crippen LogP contribution in [0.2, 0.25) is 0 Å². The van der Waals surface area contributed by atoms with E-state index in [0.29, 0.717) is 17.8 Å².